The molecular formula is C26H25NO4S2. The molecule has 0 aliphatic heterocycles. The smallest absolute Gasteiger partial charge is 0.207 e. The first-order valence-corrected chi connectivity index (χ1v) is 13.6. The van der Waals surface area contributed by atoms with Gasteiger partial charge in [0.1, 0.15) is 0 Å². The van der Waals surface area contributed by atoms with Gasteiger partial charge in [-0.25, -0.2) is 4.21 Å². The Kier molecular flexibility index (Phi) is 4.02. The van der Waals surface area contributed by atoms with E-state index >= 15 is 0 Å². The maximum atomic E-state index is 11.8. The average molecular weight is 480 g/mol. The lowest BCUT2D eigenvalue weighted by molar-refractivity contribution is -0.0417. The molecule has 4 saturated carbocycles. The van der Waals surface area contributed by atoms with E-state index in [1.807, 2.05) is 0 Å². The first-order valence-electron chi connectivity index (χ1n) is 11.6. The van der Waals surface area contributed by atoms with Gasteiger partial charge in [0.05, 0.1) is 16.1 Å². The minimum absolute atomic E-state index is 0.0380. The van der Waals surface area contributed by atoms with Crippen LogP contribution in [0.5, 0.6) is 11.8 Å². The summed E-state index contributed by atoms with van der Waals surface area (Å²) < 4.78 is 22.7. The highest BCUT2D eigenvalue weighted by atomic mass is 32.2. The highest BCUT2D eigenvalue weighted by Gasteiger charge is 2.63. The Hall–Kier alpha value is -2.35. The Morgan fingerprint density at radius 2 is 1.73 bits per heavy atom. The Balaban J connectivity index is 1.54. The van der Waals surface area contributed by atoms with Crippen molar-refractivity contribution in [2.75, 3.05) is 0 Å². The summed E-state index contributed by atoms with van der Waals surface area (Å²) in [5, 5.41) is 25.4. The number of fused-ring (bicyclic) bond motifs is 2. The van der Waals surface area contributed by atoms with Gasteiger partial charge in [-0.1, -0.05) is 12.6 Å². The number of benzene rings is 1. The summed E-state index contributed by atoms with van der Waals surface area (Å²) in [6, 6.07) is 8.63. The second kappa shape index (κ2) is 6.62. The summed E-state index contributed by atoms with van der Waals surface area (Å²) in [5.41, 5.74) is 3.46. The Bertz CT molecular complexity index is 1340. The van der Waals surface area contributed by atoms with E-state index in [0.717, 1.165) is 28.5 Å². The zero-order valence-electron chi connectivity index (χ0n) is 18.0. The fourth-order valence-corrected chi connectivity index (χ4v) is 9.73. The predicted octanol–water partition coefficient (Wildman–Crippen LogP) is 5.65. The van der Waals surface area contributed by atoms with Crippen LogP contribution in [0.15, 0.2) is 47.2 Å². The van der Waals surface area contributed by atoms with E-state index in [-0.39, 0.29) is 22.1 Å². The molecule has 4 bridgehead atoms. The number of aromatic hydroxyl groups is 2. The normalized spacial score (nSPS) is 32.2. The monoisotopic (exact) mass is 479 g/mol. The van der Waals surface area contributed by atoms with Gasteiger partial charge in [-0.15, -0.1) is 11.3 Å². The second-order valence-electron chi connectivity index (χ2n) is 10.3. The Labute approximate surface area is 198 Å². The molecule has 1 aromatic carbocycles. The molecule has 33 heavy (non-hydrogen) atoms. The van der Waals surface area contributed by atoms with E-state index in [4.69, 9.17) is 0 Å². The van der Waals surface area contributed by atoms with Crippen molar-refractivity contribution in [3.05, 3.63) is 63.9 Å². The standard InChI is InChI=1S/C26H25NO4S2/c1-13-20-5-6-32-23(20)26(16-8-14-7-15(10-16)11-17(26)9-14)22-21(13)24(28)27(25(22)29)18-3-2-4-19(12-18)33(30)31/h2-6,12,14-17,28-29H,1,7-11H2,(H,30,31). The number of nitrogens with zero attached hydrogens (tertiary/aromatic N) is 1. The second-order valence-corrected chi connectivity index (χ2v) is 12.2. The number of thiophene rings is 1. The van der Waals surface area contributed by atoms with Crippen LogP contribution in [-0.4, -0.2) is 23.5 Å². The van der Waals surface area contributed by atoms with Crippen LogP contribution in [0, 0.1) is 23.7 Å². The van der Waals surface area contributed by atoms with Crippen LogP contribution in [0.3, 0.4) is 0 Å². The van der Waals surface area contributed by atoms with Crippen LogP contribution >= 0.6 is 11.3 Å². The highest BCUT2D eigenvalue weighted by molar-refractivity contribution is 7.79. The van der Waals surface area contributed by atoms with E-state index < -0.39 is 11.1 Å². The third-order valence-corrected chi connectivity index (χ3v) is 10.6. The molecule has 8 rings (SSSR count). The van der Waals surface area contributed by atoms with Crippen molar-refractivity contribution < 1.29 is 19.0 Å². The number of aromatic nitrogens is 1. The first-order chi connectivity index (χ1) is 15.9. The number of hydrogen-bond acceptors (Lipinski definition) is 4. The summed E-state index contributed by atoms with van der Waals surface area (Å²) in [4.78, 5) is 1.52. The molecule has 7 heteroatoms. The van der Waals surface area contributed by atoms with Crippen LogP contribution in [0.2, 0.25) is 0 Å². The van der Waals surface area contributed by atoms with Gasteiger partial charge in [0.25, 0.3) is 0 Å². The van der Waals surface area contributed by atoms with Gasteiger partial charge in [0.2, 0.25) is 11.8 Å². The van der Waals surface area contributed by atoms with Gasteiger partial charge >= 0.3 is 0 Å². The molecule has 170 valence electrons. The van der Waals surface area contributed by atoms with Crippen molar-refractivity contribution in [1.82, 2.24) is 4.57 Å². The topological polar surface area (TPSA) is 82.7 Å². The molecule has 4 fully saturated rings. The van der Waals surface area contributed by atoms with Gasteiger partial charge in [-0.05, 0) is 96.6 Å². The molecule has 0 radical (unpaired) electrons. The largest absolute Gasteiger partial charge is 0.494 e. The molecule has 0 saturated heterocycles. The van der Waals surface area contributed by atoms with Crippen molar-refractivity contribution in [1.29, 1.82) is 0 Å². The summed E-state index contributed by atoms with van der Waals surface area (Å²) in [5.74, 6) is 2.41. The van der Waals surface area contributed by atoms with E-state index in [2.05, 4.69) is 18.0 Å². The SMILES string of the molecule is C=C1c2ccsc2C2(c3c1c(O)n(-c1cccc(S(=O)O)c1)c3O)C1CC3CC(C1)CC2C3. The lowest BCUT2D eigenvalue weighted by Crippen LogP contribution is -2.56. The number of rotatable bonds is 2. The van der Waals surface area contributed by atoms with Crippen molar-refractivity contribution in [3.8, 4) is 17.4 Å². The van der Waals surface area contributed by atoms with Gasteiger partial charge in [0, 0.05) is 15.9 Å². The van der Waals surface area contributed by atoms with Crippen LogP contribution < -0.4 is 0 Å². The zero-order valence-corrected chi connectivity index (χ0v) is 19.7. The maximum Gasteiger partial charge on any atom is 0.207 e. The molecule has 1 unspecified atom stereocenters. The van der Waals surface area contributed by atoms with E-state index in [9.17, 15) is 19.0 Å². The van der Waals surface area contributed by atoms with Crippen LogP contribution in [0.25, 0.3) is 11.3 Å². The molecule has 2 aromatic heterocycles. The van der Waals surface area contributed by atoms with Crippen molar-refractivity contribution in [3.63, 3.8) is 0 Å². The molecule has 5 aliphatic carbocycles. The average Bonchev–Trinajstić information content (AvgIpc) is 3.37. The fourth-order valence-electron chi connectivity index (χ4n) is 8.02. The summed E-state index contributed by atoms with van der Waals surface area (Å²) in [7, 11) is 0. The predicted molar refractivity (Wildman–Crippen MR) is 128 cm³/mol. The summed E-state index contributed by atoms with van der Waals surface area (Å²) in [6.45, 7) is 4.35. The molecule has 2 heterocycles. The molecule has 0 amide bonds. The minimum Gasteiger partial charge on any atom is -0.494 e. The number of hydrogen-bond donors (Lipinski definition) is 3. The van der Waals surface area contributed by atoms with Crippen LogP contribution in [0.4, 0.5) is 0 Å². The first kappa shape index (κ1) is 20.1. The van der Waals surface area contributed by atoms with Crippen LogP contribution in [0.1, 0.15) is 53.7 Å². The van der Waals surface area contributed by atoms with E-state index in [0.29, 0.717) is 23.1 Å². The van der Waals surface area contributed by atoms with Gasteiger partial charge in [-0.2, -0.15) is 0 Å². The highest BCUT2D eigenvalue weighted by Crippen LogP contribution is 2.71. The van der Waals surface area contributed by atoms with E-state index in [1.54, 1.807) is 35.6 Å². The third kappa shape index (κ3) is 2.38. The Morgan fingerprint density at radius 1 is 1.03 bits per heavy atom. The molecule has 3 aromatic rings. The molecule has 5 nitrogen and oxygen atoms in total. The Morgan fingerprint density at radius 3 is 2.39 bits per heavy atom. The summed E-state index contributed by atoms with van der Waals surface area (Å²) in [6.07, 6.45) is 6.01. The maximum absolute atomic E-state index is 11.8. The van der Waals surface area contributed by atoms with Gasteiger partial charge in [0.15, 0.2) is 11.1 Å². The van der Waals surface area contributed by atoms with Gasteiger partial charge in [-0.3, -0.25) is 4.57 Å². The third-order valence-electron chi connectivity index (χ3n) is 8.91. The quantitative estimate of drug-likeness (QED) is 0.415. The van der Waals surface area contributed by atoms with Gasteiger partial charge < -0.3 is 14.8 Å². The fraction of sp³-hybridized carbons (Fsp3) is 0.385. The molecule has 1 atom stereocenters. The molecular weight excluding hydrogens is 454 g/mol. The molecule has 3 N–H and O–H groups in total. The van der Waals surface area contributed by atoms with Crippen molar-refractivity contribution in [2.24, 2.45) is 23.7 Å². The lowest BCUT2D eigenvalue weighted by Gasteiger charge is -2.62. The minimum atomic E-state index is -2.16. The summed E-state index contributed by atoms with van der Waals surface area (Å²) >= 11 is -0.395. The lowest BCUT2D eigenvalue weighted by atomic mass is 9.42. The van der Waals surface area contributed by atoms with Crippen molar-refractivity contribution >= 4 is 28.0 Å². The molecule has 1 spiro atoms. The molecule has 5 aliphatic rings. The van der Waals surface area contributed by atoms with Crippen molar-refractivity contribution in [2.45, 2.75) is 42.4 Å². The zero-order chi connectivity index (χ0) is 22.6. The van der Waals surface area contributed by atoms with E-state index in [1.165, 1.54) is 41.5 Å². The van der Waals surface area contributed by atoms with Crippen LogP contribution in [-0.2, 0) is 16.5 Å².